The zero-order chi connectivity index (χ0) is 14.9. The zero-order valence-electron chi connectivity index (χ0n) is 11.7. The molecule has 5 nitrogen and oxygen atoms in total. The minimum atomic E-state index is -0.276. The molecule has 0 bridgehead atoms. The molecule has 1 aromatic carbocycles. The van der Waals surface area contributed by atoms with Gasteiger partial charge in [-0.25, -0.2) is 0 Å². The Kier molecular flexibility index (Phi) is 3.51. The molecule has 5 heteroatoms. The molecule has 1 fully saturated rings. The molecule has 0 radical (unpaired) electrons. The number of benzene rings is 1. The third kappa shape index (κ3) is 2.83. The van der Waals surface area contributed by atoms with E-state index in [4.69, 9.17) is 5.11 Å². The third-order valence-electron chi connectivity index (χ3n) is 4.22. The fourth-order valence-corrected chi connectivity index (χ4v) is 2.63. The summed E-state index contributed by atoms with van der Waals surface area (Å²) in [4.78, 5) is 26.7. The van der Waals surface area contributed by atoms with Crippen LogP contribution in [0, 0.1) is 5.41 Å². The van der Waals surface area contributed by atoms with E-state index in [1.165, 1.54) is 0 Å². The molecule has 1 aliphatic rings. The van der Waals surface area contributed by atoms with Crippen LogP contribution in [0.1, 0.15) is 29.8 Å². The van der Waals surface area contributed by atoms with E-state index in [1.807, 2.05) is 12.1 Å². The highest BCUT2D eigenvalue weighted by molar-refractivity contribution is 5.96. The normalized spacial score (nSPS) is 15.9. The Morgan fingerprint density at radius 3 is 2.81 bits per heavy atom. The monoisotopic (exact) mass is 286 g/mol. The molecule has 1 heterocycles. The number of pyridine rings is 1. The summed E-state index contributed by atoms with van der Waals surface area (Å²) in [6.45, 7) is 0.684. The van der Waals surface area contributed by atoms with Gasteiger partial charge in [0.1, 0.15) is 5.69 Å². The predicted octanol–water partition coefficient (Wildman–Crippen LogP) is 1.42. The van der Waals surface area contributed by atoms with Gasteiger partial charge in [-0.3, -0.25) is 9.59 Å². The maximum atomic E-state index is 12.2. The molecular formula is C16H18N2O3. The summed E-state index contributed by atoms with van der Waals surface area (Å²) in [6, 6.07) is 8.87. The number of aromatic amines is 1. The number of H-pyrrole nitrogens is 1. The van der Waals surface area contributed by atoms with Crippen LogP contribution < -0.4 is 10.9 Å². The van der Waals surface area contributed by atoms with E-state index in [0.29, 0.717) is 18.4 Å². The van der Waals surface area contributed by atoms with Crippen LogP contribution >= 0.6 is 0 Å². The standard InChI is InChI=1S/C16H18N2O3/c19-8-7-16(5-6-16)10-17-15(21)13-9-11-3-1-2-4-12(11)14(20)18-13/h1-4,9,19H,5-8,10H2,(H,17,21)(H,18,20). The maximum absolute atomic E-state index is 12.2. The molecule has 0 unspecified atom stereocenters. The number of rotatable bonds is 5. The average Bonchev–Trinajstić information content (AvgIpc) is 3.25. The highest BCUT2D eigenvalue weighted by Gasteiger charge is 2.41. The van der Waals surface area contributed by atoms with Crippen molar-refractivity contribution in [1.29, 1.82) is 0 Å². The largest absolute Gasteiger partial charge is 0.396 e. The Balaban J connectivity index is 1.77. The molecule has 0 saturated heterocycles. The van der Waals surface area contributed by atoms with Crippen LogP contribution in [0.4, 0.5) is 0 Å². The second-order valence-electron chi connectivity index (χ2n) is 5.76. The van der Waals surface area contributed by atoms with Crippen molar-refractivity contribution < 1.29 is 9.90 Å². The summed E-state index contributed by atoms with van der Waals surface area (Å²) in [5, 5.41) is 13.2. The predicted molar refractivity (Wildman–Crippen MR) is 80.3 cm³/mol. The molecular weight excluding hydrogens is 268 g/mol. The molecule has 0 spiro atoms. The molecule has 3 N–H and O–H groups in total. The van der Waals surface area contributed by atoms with Crippen LogP contribution in [0.2, 0.25) is 0 Å². The second kappa shape index (κ2) is 5.33. The summed E-state index contributed by atoms with van der Waals surface area (Å²) >= 11 is 0. The maximum Gasteiger partial charge on any atom is 0.267 e. The van der Waals surface area contributed by atoms with Gasteiger partial charge in [-0.15, -0.1) is 0 Å². The number of aromatic nitrogens is 1. The Hall–Kier alpha value is -2.14. The minimum absolute atomic E-state index is 0.0571. The number of aliphatic hydroxyl groups excluding tert-OH is 1. The molecule has 1 amide bonds. The van der Waals surface area contributed by atoms with E-state index in [-0.39, 0.29) is 29.2 Å². The van der Waals surface area contributed by atoms with Crippen molar-refractivity contribution in [3.05, 3.63) is 46.4 Å². The van der Waals surface area contributed by atoms with Crippen molar-refractivity contribution >= 4 is 16.7 Å². The molecule has 1 aliphatic carbocycles. The van der Waals surface area contributed by atoms with Gasteiger partial charge in [0.2, 0.25) is 0 Å². The van der Waals surface area contributed by atoms with Crippen molar-refractivity contribution in [1.82, 2.24) is 10.3 Å². The quantitative estimate of drug-likeness (QED) is 0.777. The van der Waals surface area contributed by atoms with Gasteiger partial charge < -0.3 is 15.4 Å². The second-order valence-corrected chi connectivity index (χ2v) is 5.76. The van der Waals surface area contributed by atoms with Crippen LogP contribution in [-0.2, 0) is 0 Å². The van der Waals surface area contributed by atoms with Gasteiger partial charge in [0.05, 0.1) is 0 Å². The van der Waals surface area contributed by atoms with Crippen LogP contribution in [0.25, 0.3) is 10.8 Å². The van der Waals surface area contributed by atoms with Crippen molar-refractivity contribution in [2.24, 2.45) is 5.41 Å². The van der Waals surface area contributed by atoms with E-state index in [1.54, 1.807) is 18.2 Å². The summed E-state index contributed by atoms with van der Waals surface area (Å²) < 4.78 is 0. The fourth-order valence-electron chi connectivity index (χ4n) is 2.63. The van der Waals surface area contributed by atoms with Crippen molar-refractivity contribution in [2.45, 2.75) is 19.3 Å². The Bertz CT molecular complexity index is 732. The smallest absolute Gasteiger partial charge is 0.267 e. The molecule has 0 atom stereocenters. The molecule has 1 saturated carbocycles. The first-order valence-electron chi connectivity index (χ1n) is 7.15. The van der Waals surface area contributed by atoms with Gasteiger partial charge in [0.15, 0.2) is 0 Å². The molecule has 21 heavy (non-hydrogen) atoms. The van der Waals surface area contributed by atoms with E-state index < -0.39 is 0 Å². The lowest BCUT2D eigenvalue weighted by molar-refractivity contribution is 0.0936. The summed E-state index contributed by atoms with van der Waals surface area (Å²) in [5.74, 6) is -0.276. The fraction of sp³-hybridized carbons (Fsp3) is 0.375. The highest BCUT2D eigenvalue weighted by Crippen LogP contribution is 2.47. The van der Waals surface area contributed by atoms with Crippen molar-refractivity contribution in [3.8, 4) is 0 Å². The number of fused-ring (bicyclic) bond motifs is 1. The van der Waals surface area contributed by atoms with Crippen LogP contribution in [0.15, 0.2) is 35.1 Å². The first kappa shape index (κ1) is 13.8. The van der Waals surface area contributed by atoms with Gasteiger partial charge in [-0.2, -0.15) is 0 Å². The lowest BCUT2D eigenvalue weighted by atomic mass is 10.0. The lowest BCUT2D eigenvalue weighted by Gasteiger charge is -2.14. The first-order chi connectivity index (χ1) is 10.1. The topological polar surface area (TPSA) is 82.2 Å². The van der Waals surface area contributed by atoms with Gasteiger partial charge in [-0.1, -0.05) is 18.2 Å². The van der Waals surface area contributed by atoms with Gasteiger partial charge >= 0.3 is 0 Å². The number of aliphatic hydroxyl groups is 1. The lowest BCUT2D eigenvalue weighted by Crippen LogP contribution is -2.32. The number of amides is 1. The number of hydrogen-bond acceptors (Lipinski definition) is 3. The van der Waals surface area contributed by atoms with Gasteiger partial charge in [0.25, 0.3) is 11.5 Å². The zero-order valence-corrected chi connectivity index (χ0v) is 11.7. The van der Waals surface area contributed by atoms with Gasteiger partial charge in [0, 0.05) is 18.5 Å². The SMILES string of the molecule is O=C(NCC1(CCO)CC1)c1cc2ccccc2c(=O)[nH]1. The molecule has 1 aromatic heterocycles. The number of nitrogens with one attached hydrogen (secondary N) is 2. The summed E-state index contributed by atoms with van der Waals surface area (Å²) in [6.07, 6.45) is 2.77. The molecule has 2 aromatic rings. The van der Waals surface area contributed by atoms with Crippen LogP contribution in [0.3, 0.4) is 0 Å². The van der Waals surface area contributed by atoms with E-state index in [2.05, 4.69) is 10.3 Å². The Labute approximate surface area is 122 Å². The van der Waals surface area contributed by atoms with E-state index in [0.717, 1.165) is 18.2 Å². The minimum Gasteiger partial charge on any atom is -0.396 e. The molecule has 3 rings (SSSR count). The Morgan fingerprint density at radius 1 is 1.33 bits per heavy atom. The highest BCUT2D eigenvalue weighted by atomic mass is 16.3. The number of carbonyl (C=O) groups is 1. The van der Waals surface area contributed by atoms with Crippen molar-refractivity contribution in [2.75, 3.05) is 13.2 Å². The third-order valence-corrected chi connectivity index (χ3v) is 4.22. The number of hydrogen-bond donors (Lipinski definition) is 3. The number of carbonyl (C=O) groups excluding carboxylic acids is 1. The summed E-state index contributed by atoms with van der Waals surface area (Å²) in [7, 11) is 0. The molecule has 110 valence electrons. The average molecular weight is 286 g/mol. The summed E-state index contributed by atoms with van der Waals surface area (Å²) in [5.41, 5.74) is 0.0786. The van der Waals surface area contributed by atoms with Crippen molar-refractivity contribution in [3.63, 3.8) is 0 Å². The van der Waals surface area contributed by atoms with Crippen LogP contribution in [-0.4, -0.2) is 29.1 Å². The van der Waals surface area contributed by atoms with E-state index >= 15 is 0 Å². The Morgan fingerprint density at radius 2 is 2.10 bits per heavy atom. The first-order valence-corrected chi connectivity index (χ1v) is 7.15. The molecule has 0 aliphatic heterocycles. The van der Waals surface area contributed by atoms with E-state index in [9.17, 15) is 9.59 Å². The van der Waals surface area contributed by atoms with Gasteiger partial charge in [-0.05, 0) is 42.2 Å². The van der Waals surface area contributed by atoms with Crippen LogP contribution in [0.5, 0.6) is 0 Å².